The number of nitrogens with zero attached hydrogens (tertiary/aromatic N) is 2. The highest BCUT2D eigenvalue weighted by atomic mass is 16.5. The minimum atomic E-state index is 0.329. The molecule has 1 atom stereocenters. The van der Waals surface area contributed by atoms with Crippen molar-refractivity contribution in [3.63, 3.8) is 0 Å². The second-order valence-corrected chi connectivity index (χ2v) is 4.98. The summed E-state index contributed by atoms with van der Waals surface area (Å²) >= 11 is 0. The van der Waals surface area contributed by atoms with Gasteiger partial charge in [0, 0.05) is 12.1 Å². The fourth-order valence-electron chi connectivity index (χ4n) is 2.79. The van der Waals surface area contributed by atoms with Crippen molar-refractivity contribution in [2.24, 2.45) is 5.92 Å². The molecule has 0 aliphatic heterocycles. The zero-order chi connectivity index (χ0) is 12.8. The zero-order valence-corrected chi connectivity index (χ0v) is 11.4. The van der Waals surface area contributed by atoms with Crippen LogP contribution in [0.15, 0.2) is 12.4 Å². The van der Waals surface area contributed by atoms with Gasteiger partial charge in [0.25, 0.3) is 0 Å². The molecule has 0 aromatic carbocycles. The molecule has 1 heterocycles. The molecule has 1 aliphatic carbocycles. The maximum atomic E-state index is 5.17. The third kappa shape index (κ3) is 3.42. The van der Waals surface area contributed by atoms with Gasteiger partial charge in [0.15, 0.2) is 0 Å². The Morgan fingerprint density at radius 2 is 2.17 bits per heavy atom. The van der Waals surface area contributed by atoms with E-state index in [0.29, 0.717) is 11.9 Å². The molecule has 1 saturated carbocycles. The molecule has 0 bridgehead atoms. The molecule has 1 N–H and O–H groups in total. The molecule has 1 aliphatic rings. The lowest BCUT2D eigenvalue weighted by atomic mass is 9.96. The number of aromatic nitrogens is 2. The predicted molar refractivity (Wildman–Crippen MR) is 71.6 cm³/mol. The monoisotopic (exact) mass is 249 g/mol. The van der Waals surface area contributed by atoms with Crippen molar-refractivity contribution in [1.82, 2.24) is 15.3 Å². The van der Waals surface area contributed by atoms with Gasteiger partial charge in [0.2, 0.25) is 5.88 Å². The quantitative estimate of drug-likeness (QED) is 0.842. The average Bonchev–Trinajstić information content (AvgIpc) is 2.91. The Morgan fingerprint density at radius 3 is 2.83 bits per heavy atom. The maximum absolute atomic E-state index is 5.17. The molecule has 1 aromatic heterocycles. The largest absolute Gasteiger partial charge is 0.481 e. The molecule has 0 saturated heterocycles. The van der Waals surface area contributed by atoms with Crippen LogP contribution in [-0.2, 0) is 0 Å². The van der Waals surface area contributed by atoms with Crippen molar-refractivity contribution in [1.29, 1.82) is 0 Å². The Kier molecular flexibility index (Phi) is 4.93. The predicted octanol–water partition coefficient (Wildman–Crippen LogP) is 2.72. The topological polar surface area (TPSA) is 47.0 Å². The van der Waals surface area contributed by atoms with Crippen LogP contribution in [0.4, 0.5) is 0 Å². The maximum Gasteiger partial charge on any atom is 0.216 e. The van der Waals surface area contributed by atoms with Gasteiger partial charge >= 0.3 is 0 Å². The molecule has 100 valence electrons. The summed E-state index contributed by atoms with van der Waals surface area (Å²) in [5, 5.41) is 3.53. The SMILES string of the molecule is CCNC(CC1CCCC1)c1cc(OC)ncn1. The molecule has 0 amide bonds. The van der Waals surface area contributed by atoms with Crippen LogP contribution in [0.5, 0.6) is 5.88 Å². The van der Waals surface area contributed by atoms with Crippen molar-refractivity contribution >= 4 is 0 Å². The van der Waals surface area contributed by atoms with Gasteiger partial charge in [-0.15, -0.1) is 0 Å². The zero-order valence-electron chi connectivity index (χ0n) is 11.4. The molecule has 2 rings (SSSR count). The lowest BCUT2D eigenvalue weighted by Crippen LogP contribution is -2.24. The molecule has 4 heteroatoms. The summed E-state index contributed by atoms with van der Waals surface area (Å²) in [5.41, 5.74) is 1.05. The van der Waals surface area contributed by atoms with E-state index in [4.69, 9.17) is 4.74 Å². The third-order valence-electron chi connectivity index (χ3n) is 3.72. The number of rotatable bonds is 6. The number of hydrogen-bond acceptors (Lipinski definition) is 4. The molecule has 0 radical (unpaired) electrons. The fourth-order valence-corrected chi connectivity index (χ4v) is 2.79. The fraction of sp³-hybridized carbons (Fsp3) is 0.714. The van der Waals surface area contributed by atoms with Crippen LogP contribution in [0.25, 0.3) is 0 Å². The molecular weight excluding hydrogens is 226 g/mol. The van der Waals surface area contributed by atoms with Crippen LogP contribution in [0.1, 0.15) is 50.8 Å². The van der Waals surface area contributed by atoms with Gasteiger partial charge in [0.1, 0.15) is 6.33 Å². The van der Waals surface area contributed by atoms with E-state index in [9.17, 15) is 0 Å². The standard InChI is InChI=1S/C14H23N3O/c1-3-15-12(8-11-6-4-5-7-11)13-9-14(18-2)17-10-16-13/h9-12,15H,3-8H2,1-2H3. The molecule has 0 spiro atoms. The van der Waals surface area contributed by atoms with E-state index in [1.54, 1.807) is 13.4 Å². The highest BCUT2D eigenvalue weighted by Gasteiger charge is 2.21. The summed E-state index contributed by atoms with van der Waals surface area (Å²) in [6.07, 6.45) is 8.27. The summed E-state index contributed by atoms with van der Waals surface area (Å²) in [7, 11) is 1.64. The summed E-state index contributed by atoms with van der Waals surface area (Å²) < 4.78 is 5.17. The first-order valence-corrected chi connectivity index (χ1v) is 6.92. The smallest absolute Gasteiger partial charge is 0.216 e. The Bertz CT molecular complexity index is 364. The van der Waals surface area contributed by atoms with E-state index in [0.717, 1.165) is 18.2 Å². The lowest BCUT2D eigenvalue weighted by molar-refractivity contribution is 0.380. The van der Waals surface area contributed by atoms with Crippen LogP contribution in [-0.4, -0.2) is 23.6 Å². The van der Waals surface area contributed by atoms with Gasteiger partial charge in [-0.2, -0.15) is 0 Å². The van der Waals surface area contributed by atoms with Gasteiger partial charge < -0.3 is 10.1 Å². The van der Waals surface area contributed by atoms with Gasteiger partial charge in [-0.05, 0) is 18.9 Å². The summed E-state index contributed by atoms with van der Waals surface area (Å²) in [6, 6.07) is 2.28. The van der Waals surface area contributed by atoms with Crippen molar-refractivity contribution < 1.29 is 4.74 Å². The van der Waals surface area contributed by atoms with Crippen LogP contribution in [0, 0.1) is 5.92 Å². The van der Waals surface area contributed by atoms with E-state index in [-0.39, 0.29) is 0 Å². The Morgan fingerprint density at radius 1 is 1.39 bits per heavy atom. The molecule has 1 aromatic rings. The van der Waals surface area contributed by atoms with Gasteiger partial charge in [-0.1, -0.05) is 32.6 Å². The van der Waals surface area contributed by atoms with E-state index < -0.39 is 0 Å². The van der Waals surface area contributed by atoms with Crippen molar-refractivity contribution in [3.8, 4) is 5.88 Å². The molecule has 18 heavy (non-hydrogen) atoms. The summed E-state index contributed by atoms with van der Waals surface area (Å²) in [6.45, 7) is 3.10. The van der Waals surface area contributed by atoms with Crippen molar-refractivity contribution in [3.05, 3.63) is 18.1 Å². The highest BCUT2D eigenvalue weighted by molar-refractivity contribution is 5.16. The first kappa shape index (κ1) is 13.3. The minimum absolute atomic E-state index is 0.329. The average molecular weight is 249 g/mol. The van der Waals surface area contributed by atoms with E-state index in [2.05, 4.69) is 22.2 Å². The molecule has 1 fully saturated rings. The second kappa shape index (κ2) is 6.69. The van der Waals surface area contributed by atoms with Crippen molar-refractivity contribution in [2.45, 2.75) is 45.1 Å². The first-order valence-electron chi connectivity index (χ1n) is 6.92. The van der Waals surface area contributed by atoms with Gasteiger partial charge in [-0.25, -0.2) is 9.97 Å². The Hall–Kier alpha value is -1.16. The minimum Gasteiger partial charge on any atom is -0.481 e. The molecule has 1 unspecified atom stereocenters. The highest BCUT2D eigenvalue weighted by Crippen LogP contribution is 2.32. The Balaban J connectivity index is 2.06. The number of methoxy groups -OCH3 is 1. The van der Waals surface area contributed by atoms with E-state index >= 15 is 0 Å². The Labute approximate surface area is 109 Å². The lowest BCUT2D eigenvalue weighted by Gasteiger charge is -2.21. The number of ether oxygens (including phenoxy) is 1. The van der Waals surface area contributed by atoms with Crippen LogP contribution < -0.4 is 10.1 Å². The van der Waals surface area contributed by atoms with Gasteiger partial charge in [-0.3, -0.25) is 0 Å². The molecular formula is C14H23N3O. The number of hydrogen-bond donors (Lipinski definition) is 1. The van der Waals surface area contributed by atoms with Crippen LogP contribution >= 0.6 is 0 Å². The van der Waals surface area contributed by atoms with Gasteiger partial charge in [0.05, 0.1) is 12.8 Å². The van der Waals surface area contributed by atoms with Crippen LogP contribution in [0.3, 0.4) is 0 Å². The number of nitrogens with one attached hydrogen (secondary N) is 1. The van der Waals surface area contributed by atoms with E-state index in [1.165, 1.54) is 32.1 Å². The summed E-state index contributed by atoms with van der Waals surface area (Å²) in [5.74, 6) is 1.49. The summed E-state index contributed by atoms with van der Waals surface area (Å²) in [4.78, 5) is 8.47. The van der Waals surface area contributed by atoms with Crippen molar-refractivity contribution in [2.75, 3.05) is 13.7 Å². The third-order valence-corrected chi connectivity index (χ3v) is 3.72. The molecule has 4 nitrogen and oxygen atoms in total. The normalized spacial score (nSPS) is 17.9. The second-order valence-electron chi connectivity index (χ2n) is 4.98. The van der Waals surface area contributed by atoms with Crippen LogP contribution in [0.2, 0.25) is 0 Å². The van der Waals surface area contributed by atoms with E-state index in [1.807, 2.05) is 6.07 Å². The first-order chi connectivity index (χ1) is 8.83.